The molecule has 2 rings (SSSR count). The maximum absolute atomic E-state index is 12.3. The largest absolute Gasteiger partial charge is 0.481 e. The van der Waals surface area contributed by atoms with Crippen molar-refractivity contribution >= 4 is 11.9 Å². The lowest BCUT2D eigenvalue weighted by Crippen LogP contribution is -2.35. The van der Waals surface area contributed by atoms with Crippen LogP contribution in [0.3, 0.4) is 0 Å². The minimum absolute atomic E-state index is 0.0235. The molecule has 0 saturated heterocycles. The molecule has 0 aromatic carbocycles. The minimum atomic E-state index is -0.884. The van der Waals surface area contributed by atoms with Crippen molar-refractivity contribution in [3.05, 3.63) is 17.5 Å². The van der Waals surface area contributed by atoms with Crippen LogP contribution in [-0.4, -0.2) is 44.8 Å². The van der Waals surface area contributed by atoms with Crippen LogP contribution in [-0.2, 0) is 11.8 Å². The number of aryl methyl sites for hydroxylation is 2. The van der Waals surface area contributed by atoms with Crippen molar-refractivity contribution in [3.63, 3.8) is 0 Å². The number of carboxylic acid groups (broad SMARTS) is 1. The predicted molar refractivity (Wildman–Crippen MR) is 68.8 cm³/mol. The monoisotopic (exact) mass is 265 g/mol. The Bertz CT molecular complexity index is 472. The van der Waals surface area contributed by atoms with Crippen LogP contribution in [0.1, 0.15) is 35.4 Å². The Morgan fingerprint density at radius 1 is 1.53 bits per heavy atom. The van der Waals surface area contributed by atoms with Gasteiger partial charge in [-0.15, -0.1) is 0 Å². The van der Waals surface area contributed by atoms with Gasteiger partial charge in [0.25, 0.3) is 5.91 Å². The number of amides is 1. The molecule has 1 aliphatic carbocycles. The molecular formula is C13H19N3O3. The van der Waals surface area contributed by atoms with Crippen molar-refractivity contribution < 1.29 is 14.7 Å². The molecular weight excluding hydrogens is 246 g/mol. The molecule has 0 aliphatic heterocycles. The smallest absolute Gasteiger partial charge is 0.305 e. The van der Waals surface area contributed by atoms with Gasteiger partial charge in [0.1, 0.15) is 0 Å². The van der Waals surface area contributed by atoms with E-state index in [4.69, 9.17) is 5.11 Å². The van der Waals surface area contributed by atoms with Crippen LogP contribution in [0.5, 0.6) is 0 Å². The fourth-order valence-corrected chi connectivity index (χ4v) is 1.95. The molecule has 1 fully saturated rings. The van der Waals surface area contributed by atoms with Gasteiger partial charge in [-0.2, -0.15) is 5.10 Å². The highest BCUT2D eigenvalue weighted by atomic mass is 16.4. The summed E-state index contributed by atoms with van der Waals surface area (Å²) in [7, 11) is 1.79. The molecule has 0 atom stereocenters. The molecule has 0 radical (unpaired) electrons. The van der Waals surface area contributed by atoms with E-state index in [2.05, 4.69) is 5.10 Å². The highest BCUT2D eigenvalue weighted by molar-refractivity contribution is 5.92. The molecule has 0 spiro atoms. The van der Waals surface area contributed by atoms with Gasteiger partial charge in [0.05, 0.1) is 6.42 Å². The van der Waals surface area contributed by atoms with Crippen molar-refractivity contribution in [2.45, 2.75) is 26.2 Å². The number of carboxylic acids is 1. The number of aromatic nitrogens is 2. The molecule has 1 heterocycles. The molecule has 0 bridgehead atoms. The minimum Gasteiger partial charge on any atom is -0.481 e. The number of aliphatic carboxylic acids is 1. The first kappa shape index (κ1) is 13.6. The molecule has 1 aromatic rings. The first-order valence-corrected chi connectivity index (χ1v) is 6.49. The molecule has 1 N–H and O–H groups in total. The maximum Gasteiger partial charge on any atom is 0.305 e. The van der Waals surface area contributed by atoms with Crippen LogP contribution in [0.4, 0.5) is 0 Å². The summed E-state index contributed by atoms with van der Waals surface area (Å²) in [6, 6.07) is 1.74. The average molecular weight is 265 g/mol. The third kappa shape index (κ3) is 3.56. The lowest BCUT2D eigenvalue weighted by atomic mass is 10.2. The Hall–Kier alpha value is -1.85. The van der Waals surface area contributed by atoms with Gasteiger partial charge in [0.2, 0.25) is 0 Å². The third-order valence-corrected chi connectivity index (χ3v) is 3.39. The fourth-order valence-electron chi connectivity index (χ4n) is 1.95. The van der Waals surface area contributed by atoms with E-state index in [9.17, 15) is 9.59 Å². The quantitative estimate of drug-likeness (QED) is 0.834. The molecule has 1 saturated carbocycles. The normalized spacial score (nSPS) is 14.4. The van der Waals surface area contributed by atoms with Crippen molar-refractivity contribution in [2.75, 3.05) is 13.1 Å². The number of carbonyl (C=O) groups excluding carboxylic acids is 1. The van der Waals surface area contributed by atoms with Gasteiger partial charge in [0.15, 0.2) is 5.69 Å². The topological polar surface area (TPSA) is 75.4 Å². The van der Waals surface area contributed by atoms with E-state index in [0.29, 0.717) is 18.2 Å². The summed E-state index contributed by atoms with van der Waals surface area (Å²) in [5.41, 5.74) is 1.30. The Labute approximate surface area is 112 Å². The second-order valence-corrected chi connectivity index (χ2v) is 5.13. The second-order valence-electron chi connectivity index (χ2n) is 5.13. The number of hydrogen-bond acceptors (Lipinski definition) is 3. The summed E-state index contributed by atoms with van der Waals surface area (Å²) in [5.74, 6) is -0.523. The molecule has 19 heavy (non-hydrogen) atoms. The van der Waals surface area contributed by atoms with Crippen LogP contribution in [0.15, 0.2) is 6.07 Å². The predicted octanol–water partition coefficient (Wildman–Crippen LogP) is 1.06. The van der Waals surface area contributed by atoms with E-state index >= 15 is 0 Å². The summed E-state index contributed by atoms with van der Waals surface area (Å²) >= 11 is 0. The number of hydrogen-bond donors (Lipinski definition) is 1. The van der Waals surface area contributed by atoms with Crippen molar-refractivity contribution in [1.82, 2.24) is 14.7 Å². The van der Waals surface area contributed by atoms with Crippen LogP contribution >= 0.6 is 0 Å². The van der Waals surface area contributed by atoms with E-state index < -0.39 is 5.97 Å². The molecule has 0 unspecified atom stereocenters. The summed E-state index contributed by atoms with van der Waals surface area (Å²) in [5, 5.41) is 12.9. The third-order valence-electron chi connectivity index (χ3n) is 3.39. The maximum atomic E-state index is 12.3. The highest BCUT2D eigenvalue weighted by Gasteiger charge is 2.28. The zero-order valence-corrected chi connectivity index (χ0v) is 11.3. The molecule has 1 aliphatic rings. The van der Waals surface area contributed by atoms with Gasteiger partial charge in [-0.25, -0.2) is 0 Å². The first-order chi connectivity index (χ1) is 8.97. The van der Waals surface area contributed by atoms with Gasteiger partial charge in [-0.3, -0.25) is 14.3 Å². The molecule has 6 nitrogen and oxygen atoms in total. The molecule has 1 amide bonds. The van der Waals surface area contributed by atoms with Gasteiger partial charge in [-0.05, 0) is 31.7 Å². The summed E-state index contributed by atoms with van der Waals surface area (Å²) < 4.78 is 1.65. The van der Waals surface area contributed by atoms with Crippen LogP contribution in [0, 0.1) is 12.8 Å². The summed E-state index contributed by atoms with van der Waals surface area (Å²) in [4.78, 5) is 24.6. The van der Waals surface area contributed by atoms with Gasteiger partial charge in [0, 0.05) is 25.8 Å². The number of nitrogens with zero attached hydrogens (tertiary/aromatic N) is 3. The molecule has 6 heteroatoms. The Kier molecular flexibility index (Phi) is 3.87. The Morgan fingerprint density at radius 3 is 2.68 bits per heavy atom. The van der Waals surface area contributed by atoms with Gasteiger partial charge in [-0.1, -0.05) is 0 Å². The van der Waals surface area contributed by atoms with Crippen molar-refractivity contribution in [2.24, 2.45) is 13.0 Å². The SMILES string of the molecule is Cc1cc(C(=O)N(CCC(=O)O)CC2CC2)nn1C. The standard InChI is InChI=1S/C13H19N3O3/c1-9-7-11(14-15(9)2)13(19)16(6-5-12(17)18)8-10-3-4-10/h7,10H,3-6,8H2,1-2H3,(H,17,18). The zero-order valence-electron chi connectivity index (χ0n) is 11.3. The van der Waals surface area contributed by atoms with E-state index in [1.54, 1.807) is 22.7 Å². The van der Waals surface area contributed by atoms with Crippen LogP contribution in [0.2, 0.25) is 0 Å². The zero-order chi connectivity index (χ0) is 14.0. The van der Waals surface area contributed by atoms with Gasteiger partial charge < -0.3 is 10.0 Å². The average Bonchev–Trinajstić information content (AvgIpc) is 3.10. The van der Waals surface area contributed by atoms with E-state index in [1.165, 1.54) is 0 Å². The van der Waals surface area contributed by atoms with E-state index in [1.807, 2.05) is 6.92 Å². The second kappa shape index (κ2) is 5.42. The fraction of sp³-hybridized carbons (Fsp3) is 0.615. The Morgan fingerprint density at radius 2 is 2.21 bits per heavy atom. The first-order valence-electron chi connectivity index (χ1n) is 6.49. The lowest BCUT2D eigenvalue weighted by molar-refractivity contribution is -0.137. The lowest BCUT2D eigenvalue weighted by Gasteiger charge is -2.20. The number of rotatable bonds is 6. The van der Waals surface area contributed by atoms with Crippen molar-refractivity contribution in [3.8, 4) is 0 Å². The van der Waals surface area contributed by atoms with E-state index in [-0.39, 0.29) is 18.9 Å². The van der Waals surface area contributed by atoms with Crippen molar-refractivity contribution in [1.29, 1.82) is 0 Å². The molecule has 1 aromatic heterocycles. The van der Waals surface area contributed by atoms with Crippen LogP contribution < -0.4 is 0 Å². The highest BCUT2D eigenvalue weighted by Crippen LogP contribution is 2.30. The van der Waals surface area contributed by atoms with E-state index in [0.717, 1.165) is 18.5 Å². The Balaban J connectivity index is 2.06. The van der Waals surface area contributed by atoms with Crippen LogP contribution in [0.25, 0.3) is 0 Å². The van der Waals surface area contributed by atoms with Gasteiger partial charge >= 0.3 is 5.97 Å². The number of carbonyl (C=O) groups is 2. The molecule has 104 valence electrons. The summed E-state index contributed by atoms with van der Waals surface area (Å²) in [6.45, 7) is 2.77. The summed E-state index contributed by atoms with van der Waals surface area (Å²) in [6.07, 6.45) is 2.22.